The Kier molecular flexibility index (Phi) is 3.35. The van der Waals surface area contributed by atoms with Crippen molar-refractivity contribution in [2.75, 3.05) is 12.4 Å². The summed E-state index contributed by atoms with van der Waals surface area (Å²) in [7, 11) is 1.84. The van der Waals surface area contributed by atoms with Gasteiger partial charge in [0, 0.05) is 19.5 Å². The fourth-order valence-electron chi connectivity index (χ4n) is 2.20. The largest absolute Gasteiger partial charge is 0.373 e. The predicted molar refractivity (Wildman–Crippen MR) is 80.5 cm³/mol. The number of fused-ring (bicyclic) bond motifs is 1. The molecule has 0 saturated heterocycles. The van der Waals surface area contributed by atoms with Gasteiger partial charge in [0.15, 0.2) is 5.65 Å². The molecule has 0 aliphatic heterocycles. The van der Waals surface area contributed by atoms with Gasteiger partial charge >= 0.3 is 0 Å². The first-order valence-electron chi connectivity index (χ1n) is 6.60. The number of imidazole rings is 1. The molecule has 5 heteroatoms. The van der Waals surface area contributed by atoms with E-state index in [0.29, 0.717) is 12.1 Å². The Bertz CT molecular complexity index is 705. The SMILES string of the molecule is CNc1ccc2[nH]c(CC(N)c3ccccc3)nc2n1. The van der Waals surface area contributed by atoms with Crippen LogP contribution < -0.4 is 11.1 Å². The Morgan fingerprint density at radius 3 is 2.70 bits per heavy atom. The fraction of sp³-hybridized carbons (Fsp3) is 0.200. The average Bonchev–Trinajstić information content (AvgIpc) is 2.89. The van der Waals surface area contributed by atoms with Gasteiger partial charge in [0.05, 0.1) is 5.52 Å². The number of nitrogens with zero attached hydrogens (tertiary/aromatic N) is 2. The number of hydrogen-bond donors (Lipinski definition) is 3. The van der Waals surface area contributed by atoms with Crippen LogP contribution in [0.5, 0.6) is 0 Å². The number of aromatic nitrogens is 3. The molecule has 1 unspecified atom stereocenters. The maximum Gasteiger partial charge on any atom is 0.179 e. The lowest BCUT2D eigenvalue weighted by Crippen LogP contribution is -2.13. The molecule has 4 N–H and O–H groups in total. The first-order chi connectivity index (χ1) is 9.76. The first-order valence-corrected chi connectivity index (χ1v) is 6.60. The zero-order valence-electron chi connectivity index (χ0n) is 11.3. The van der Waals surface area contributed by atoms with Crippen molar-refractivity contribution in [1.82, 2.24) is 15.0 Å². The summed E-state index contributed by atoms with van der Waals surface area (Å²) in [5, 5.41) is 3.01. The molecular formula is C15H17N5. The van der Waals surface area contributed by atoms with Crippen molar-refractivity contribution in [2.45, 2.75) is 12.5 Å². The minimum atomic E-state index is -0.0690. The van der Waals surface area contributed by atoms with Crippen LogP contribution in [0.25, 0.3) is 11.2 Å². The van der Waals surface area contributed by atoms with Crippen molar-refractivity contribution in [3.8, 4) is 0 Å². The number of anilines is 1. The van der Waals surface area contributed by atoms with Gasteiger partial charge in [0.1, 0.15) is 11.6 Å². The van der Waals surface area contributed by atoms with Crippen LogP contribution in [0.2, 0.25) is 0 Å². The Morgan fingerprint density at radius 1 is 1.15 bits per heavy atom. The van der Waals surface area contributed by atoms with E-state index in [1.54, 1.807) is 0 Å². The minimum Gasteiger partial charge on any atom is -0.373 e. The van der Waals surface area contributed by atoms with Crippen LogP contribution in [0.3, 0.4) is 0 Å². The number of aromatic amines is 1. The summed E-state index contributed by atoms with van der Waals surface area (Å²) in [6.07, 6.45) is 0.662. The number of nitrogens with one attached hydrogen (secondary N) is 2. The van der Waals surface area contributed by atoms with E-state index in [1.807, 2.05) is 49.5 Å². The Labute approximate surface area is 117 Å². The van der Waals surface area contributed by atoms with Crippen LogP contribution in [0.1, 0.15) is 17.4 Å². The van der Waals surface area contributed by atoms with Crippen molar-refractivity contribution in [2.24, 2.45) is 5.73 Å². The van der Waals surface area contributed by atoms with Crippen molar-refractivity contribution in [3.05, 3.63) is 53.9 Å². The van der Waals surface area contributed by atoms with Crippen LogP contribution in [-0.4, -0.2) is 22.0 Å². The first kappa shape index (κ1) is 12.6. The number of pyridine rings is 1. The van der Waals surface area contributed by atoms with E-state index in [2.05, 4.69) is 20.3 Å². The predicted octanol–water partition coefficient (Wildman–Crippen LogP) is 2.24. The molecule has 5 nitrogen and oxygen atoms in total. The molecule has 0 bridgehead atoms. The maximum atomic E-state index is 6.21. The third-order valence-corrected chi connectivity index (χ3v) is 3.29. The van der Waals surface area contributed by atoms with Gasteiger partial charge in [0.25, 0.3) is 0 Å². The molecule has 0 spiro atoms. The number of benzene rings is 1. The fourth-order valence-corrected chi connectivity index (χ4v) is 2.20. The highest BCUT2D eigenvalue weighted by Gasteiger charge is 2.11. The average molecular weight is 267 g/mol. The quantitative estimate of drug-likeness (QED) is 0.677. The van der Waals surface area contributed by atoms with Crippen LogP contribution in [-0.2, 0) is 6.42 Å². The van der Waals surface area contributed by atoms with Gasteiger partial charge in [-0.1, -0.05) is 30.3 Å². The highest BCUT2D eigenvalue weighted by molar-refractivity contribution is 5.72. The number of nitrogens with two attached hydrogens (primary N) is 1. The smallest absolute Gasteiger partial charge is 0.179 e. The van der Waals surface area contributed by atoms with E-state index in [9.17, 15) is 0 Å². The summed E-state index contributed by atoms with van der Waals surface area (Å²) < 4.78 is 0. The van der Waals surface area contributed by atoms with E-state index >= 15 is 0 Å². The van der Waals surface area contributed by atoms with Gasteiger partial charge in [-0.15, -0.1) is 0 Å². The van der Waals surface area contributed by atoms with Crippen LogP contribution in [0.4, 0.5) is 5.82 Å². The lowest BCUT2D eigenvalue weighted by Gasteiger charge is -2.09. The highest BCUT2D eigenvalue weighted by Crippen LogP contribution is 2.17. The molecule has 102 valence electrons. The Morgan fingerprint density at radius 2 is 1.95 bits per heavy atom. The minimum absolute atomic E-state index is 0.0690. The zero-order chi connectivity index (χ0) is 13.9. The second-order valence-electron chi connectivity index (χ2n) is 4.72. The molecule has 0 amide bonds. The lowest BCUT2D eigenvalue weighted by molar-refractivity contribution is 0.696. The van der Waals surface area contributed by atoms with Crippen LogP contribution in [0.15, 0.2) is 42.5 Å². The van der Waals surface area contributed by atoms with E-state index in [1.165, 1.54) is 0 Å². The summed E-state index contributed by atoms with van der Waals surface area (Å²) in [5.74, 6) is 1.67. The lowest BCUT2D eigenvalue weighted by atomic mass is 10.0. The molecular weight excluding hydrogens is 250 g/mol. The monoisotopic (exact) mass is 267 g/mol. The van der Waals surface area contributed by atoms with Gasteiger partial charge in [-0.05, 0) is 17.7 Å². The summed E-state index contributed by atoms with van der Waals surface area (Å²) in [5.41, 5.74) is 8.97. The van der Waals surface area contributed by atoms with E-state index in [-0.39, 0.29) is 6.04 Å². The Hall–Kier alpha value is -2.40. The molecule has 1 atom stereocenters. The van der Waals surface area contributed by atoms with Gasteiger partial charge < -0.3 is 16.0 Å². The summed E-state index contributed by atoms with van der Waals surface area (Å²) in [6, 6.07) is 13.9. The van der Waals surface area contributed by atoms with Gasteiger partial charge in [0.2, 0.25) is 0 Å². The summed E-state index contributed by atoms with van der Waals surface area (Å²) >= 11 is 0. The summed E-state index contributed by atoms with van der Waals surface area (Å²) in [6.45, 7) is 0. The summed E-state index contributed by atoms with van der Waals surface area (Å²) in [4.78, 5) is 12.2. The Balaban J connectivity index is 1.84. The normalized spacial score (nSPS) is 12.5. The van der Waals surface area contributed by atoms with E-state index < -0.39 is 0 Å². The van der Waals surface area contributed by atoms with Gasteiger partial charge in [-0.3, -0.25) is 0 Å². The molecule has 2 heterocycles. The molecule has 3 rings (SSSR count). The van der Waals surface area contributed by atoms with Crippen molar-refractivity contribution in [3.63, 3.8) is 0 Å². The van der Waals surface area contributed by atoms with E-state index in [4.69, 9.17) is 5.73 Å². The zero-order valence-corrected chi connectivity index (χ0v) is 11.3. The number of hydrogen-bond acceptors (Lipinski definition) is 4. The molecule has 0 aliphatic carbocycles. The number of rotatable bonds is 4. The number of H-pyrrole nitrogens is 1. The molecule has 20 heavy (non-hydrogen) atoms. The van der Waals surface area contributed by atoms with Crippen molar-refractivity contribution >= 4 is 17.0 Å². The van der Waals surface area contributed by atoms with Gasteiger partial charge in [-0.2, -0.15) is 0 Å². The maximum absolute atomic E-state index is 6.21. The van der Waals surface area contributed by atoms with Crippen molar-refractivity contribution < 1.29 is 0 Å². The molecule has 1 aromatic carbocycles. The van der Waals surface area contributed by atoms with E-state index in [0.717, 1.165) is 22.7 Å². The third-order valence-electron chi connectivity index (χ3n) is 3.29. The molecule has 2 aromatic heterocycles. The molecule has 0 fully saturated rings. The molecule has 0 aliphatic rings. The molecule has 0 radical (unpaired) electrons. The molecule has 3 aromatic rings. The standard InChI is InChI=1S/C15H17N5/c1-17-13-8-7-12-15(19-13)20-14(18-12)9-11(16)10-5-3-2-4-6-10/h2-8,11H,9,16H2,1H3,(H2,17,18,19,20). The second-order valence-corrected chi connectivity index (χ2v) is 4.72. The van der Waals surface area contributed by atoms with Crippen LogP contribution in [0, 0.1) is 0 Å². The second kappa shape index (κ2) is 5.30. The van der Waals surface area contributed by atoms with Crippen LogP contribution >= 0.6 is 0 Å². The molecule has 0 saturated carbocycles. The van der Waals surface area contributed by atoms with Crippen molar-refractivity contribution in [1.29, 1.82) is 0 Å². The third kappa shape index (κ3) is 2.48. The topological polar surface area (TPSA) is 79.6 Å². The highest BCUT2D eigenvalue weighted by atomic mass is 15.0. The van der Waals surface area contributed by atoms with Gasteiger partial charge in [-0.25, -0.2) is 9.97 Å².